The van der Waals surface area contributed by atoms with Crippen molar-refractivity contribution in [3.8, 4) is 0 Å². The van der Waals surface area contributed by atoms with Crippen LogP contribution in [0.2, 0.25) is 0 Å². The number of rotatable bonds is 10. The molecule has 1 aliphatic carbocycles. The highest BCUT2D eigenvalue weighted by molar-refractivity contribution is 9.10. The lowest BCUT2D eigenvalue weighted by atomic mass is 10.1. The summed E-state index contributed by atoms with van der Waals surface area (Å²) in [5.74, 6) is -0.702. The van der Waals surface area contributed by atoms with E-state index in [1.54, 1.807) is 61.5 Å². The van der Waals surface area contributed by atoms with Gasteiger partial charge in [0.2, 0.25) is 11.8 Å². The molecule has 1 atom stereocenters. The summed E-state index contributed by atoms with van der Waals surface area (Å²) in [6.45, 7) is 3.30. The minimum atomic E-state index is -4.06. The summed E-state index contributed by atoms with van der Waals surface area (Å²) in [4.78, 5) is 28.8. The van der Waals surface area contributed by atoms with E-state index in [1.807, 2.05) is 31.2 Å². The monoisotopic (exact) mass is 611 g/mol. The standard InChI is InChI=1S/C30H34BrN3O4S/c1-22-12-18-28(19-13-22)39(37,38)34(27-10-4-3-5-11-27)21-29(35)33(20-24-14-16-25(31)17-15-24)23(2)30(36)32-26-8-6-7-9-26/h3-5,10-19,23,26H,6-9,20-21H2,1-2H3,(H,32,36)/t23-/m0/s1. The Labute approximate surface area is 239 Å². The largest absolute Gasteiger partial charge is 0.352 e. The van der Waals surface area contributed by atoms with E-state index in [9.17, 15) is 18.0 Å². The van der Waals surface area contributed by atoms with Gasteiger partial charge in [0.05, 0.1) is 10.6 Å². The minimum Gasteiger partial charge on any atom is -0.352 e. The van der Waals surface area contributed by atoms with Gasteiger partial charge in [-0.2, -0.15) is 0 Å². The summed E-state index contributed by atoms with van der Waals surface area (Å²) in [5, 5.41) is 3.08. The van der Waals surface area contributed by atoms with Crippen molar-refractivity contribution in [3.63, 3.8) is 0 Å². The molecule has 0 aliphatic heterocycles. The molecule has 0 bridgehead atoms. The average Bonchev–Trinajstić information content (AvgIpc) is 3.44. The number of nitrogens with zero attached hydrogens (tertiary/aromatic N) is 2. The lowest BCUT2D eigenvalue weighted by Gasteiger charge is -2.32. The number of para-hydroxylation sites is 1. The van der Waals surface area contributed by atoms with Crippen LogP contribution in [0.5, 0.6) is 0 Å². The second kappa shape index (κ2) is 12.8. The van der Waals surface area contributed by atoms with Crippen LogP contribution in [0.4, 0.5) is 5.69 Å². The number of anilines is 1. The van der Waals surface area contributed by atoms with Crippen molar-refractivity contribution in [1.82, 2.24) is 10.2 Å². The van der Waals surface area contributed by atoms with Gasteiger partial charge < -0.3 is 10.2 Å². The van der Waals surface area contributed by atoms with Crippen LogP contribution in [0.25, 0.3) is 0 Å². The number of carbonyl (C=O) groups is 2. The van der Waals surface area contributed by atoms with Crippen molar-refractivity contribution in [3.05, 3.63) is 94.5 Å². The molecule has 1 fully saturated rings. The van der Waals surface area contributed by atoms with Gasteiger partial charge in [0.15, 0.2) is 0 Å². The molecular weight excluding hydrogens is 578 g/mol. The molecule has 0 radical (unpaired) electrons. The molecular formula is C30H34BrN3O4S. The van der Waals surface area contributed by atoms with Gasteiger partial charge >= 0.3 is 0 Å². The van der Waals surface area contributed by atoms with E-state index in [0.29, 0.717) is 5.69 Å². The van der Waals surface area contributed by atoms with Gasteiger partial charge in [-0.3, -0.25) is 13.9 Å². The molecule has 1 aliphatic rings. The highest BCUT2D eigenvalue weighted by atomic mass is 79.9. The minimum absolute atomic E-state index is 0.0937. The predicted octanol–water partition coefficient (Wildman–Crippen LogP) is 5.43. The zero-order valence-electron chi connectivity index (χ0n) is 22.2. The fourth-order valence-electron chi connectivity index (χ4n) is 4.72. The summed E-state index contributed by atoms with van der Waals surface area (Å²) >= 11 is 3.43. The van der Waals surface area contributed by atoms with E-state index in [1.165, 1.54) is 4.90 Å². The average molecular weight is 613 g/mol. The SMILES string of the molecule is Cc1ccc(S(=O)(=O)N(CC(=O)N(Cc2ccc(Br)cc2)[C@@H](C)C(=O)NC2CCCC2)c2ccccc2)cc1. The first-order chi connectivity index (χ1) is 18.6. The number of sulfonamides is 1. The normalized spacial score (nSPS) is 14.5. The maximum absolute atomic E-state index is 13.9. The Morgan fingerprint density at radius 2 is 1.56 bits per heavy atom. The summed E-state index contributed by atoms with van der Waals surface area (Å²) in [6, 6.07) is 21.9. The topological polar surface area (TPSA) is 86.8 Å². The fourth-order valence-corrected chi connectivity index (χ4v) is 6.40. The first-order valence-electron chi connectivity index (χ1n) is 13.1. The van der Waals surface area contributed by atoms with Crippen molar-refractivity contribution >= 4 is 43.5 Å². The third-order valence-corrected chi connectivity index (χ3v) is 9.38. The number of hydrogen-bond acceptors (Lipinski definition) is 4. The molecule has 7 nitrogen and oxygen atoms in total. The molecule has 0 aromatic heterocycles. The molecule has 3 aromatic rings. The number of hydrogen-bond donors (Lipinski definition) is 1. The van der Waals surface area contributed by atoms with Crippen LogP contribution in [0.1, 0.15) is 43.7 Å². The first-order valence-corrected chi connectivity index (χ1v) is 15.4. The lowest BCUT2D eigenvalue weighted by Crippen LogP contribution is -2.52. The number of nitrogens with one attached hydrogen (secondary N) is 1. The molecule has 0 spiro atoms. The van der Waals surface area contributed by atoms with E-state index in [-0.39, 0.29) is 23.4 Å². The van der Waals surface area contributed by atoms with Crippen molar-refractivity contribution in [2.45, 2.75) is 63.1 Å². The van der Waals surface area contributed by atoms with E-state index in [0.717, 1.165) is 45.6 Å². The van der Waals surface area contributed by atoms with E-state index < -0.39 is 28.5 Å². The van der Waals surface area contributed by atoms with Crippen LogP contribution < -0.4 is 9.62 Å². The number of benzene rings is 3. The molecule has 0 heterocycles. The smallest absolute Gasteiger partial charge is 0.264 e. The molecule has 4 rings (SSSR count). The van der Waals surface area contributed by atoms with E-state index in [4.69, 9.17) is 0 Å². The quantitative estimate of drug-likeness (QED) is 0.331. The number of halogens is 1. The second-order valence-corrected chi connectivity index (χ2v) is 12.8. The number of amides is 2. The molecule has 39 heavy (non-hydrogen) atoms. The highest BCUT2D eigenvalue weighted by Crippen LogP contribution is 2.25. The van der Waals surface area contributed by atoms with Gasteiger partial charge in [-0.15, -0.1) is 0 Å². The van der Waals surface area contributed by atoms with Gasteiger partial charge in [0.1, 0.15) is 12.6 Å². The van der Waals surface area contributed by atoms with Gasteiger partial charge in [-0.25, -0.2) is 8.42 Å². The summed E-state index contributed by atoms with van der Waals surface area (Å²) in [5.41, 5.74) is 2.14. The van der Waals surface area contributed by atoms with Gasteiger partial charge in [0.25, 0.3) is 10.0 Å². The van der Waals surface area contributed by atoms with Crippen LogP contribution in [0, 0.1) is 6.92 Å². The Kier molecular flexibility index (Phi) is 9.45. The van der Waals surface area contributed by atoms with E-state index >= 15 is 0 Å². The highest BCUT2D eigenvalue weighted by Gasteiger charge is 2.33. The fraction of sp³-hybridized carbons (Fsp3) is 0.333. The molecule has 0 unspecified atom stereocenters. The van der Waals surface area contributed by atoms with Crippen LogP contribution in [0.15, 0.2) is 88.2 Å². The zero-order valence-corrected chi connectivity index (χ0v) is 24.6. The summed E-state index contributed by atoms with van der Waals surface area (Å²) < 4.78 is 29.6. The first kappa shape index (κ1) is 28.8. The Hall–Kier alpha value is -3.17. The predicted molar refractivity (Wildman–Crippen MR) is 157 cm³/mol. The summed E-state index contributed by atoms with van der Waals surface area (Å²) in [7, 11) is -4.06. The molecule has 1 N–H and O–H groups in total. The van der Waals surface area contributed by atoms with Crippen molar-refractivity contribution in [2.75, 3.05) is 10.8 Å². The molecule has 9 heteroatoms. The zero-order chi connectivity index (χ0) is 28.0. The van der Waals surface area contributed by atoms with Crippen LogP contribution in [0.3, 0.4) is 0 Å². The van der Waals surface area contributed by atoms with Crippen molar-refractivity contribution < 1.29 is 18.0 Å². The van der Waals surface area contributed by atoms with Gasteiger partial charge in [-0.05, 0) is 68.7 Å². The van der Waals surface area contributed by atoms with Gasteiger partial charge in [0, 0.05) is 17.1 Å². The molecule has 3 aromatic carbocycles. The Morgan fingerprint density at radius 1 is 0.949 bits per heavy atom. The van der Waals surface area contributed by atoms with Crippen LogP contribution >= 0.6 is 15.9 Å². The third kappa shape index (κ3) is 7.28. The van der Waals surface area contributed by atoms with E-state index in [2.05, 4.69) is 21.2 Å². The maximum Gasteiger partial charge on any atom is 0.264 e. The Balaban J connectivity index is 1.66. The third-order valence-electron chi connectivity index (χ3n) is 7.07. The molecule has 0 saturated heterocycles. The Morgan fingerprint density at radius 3 is 2.18 bits per heavy atom. The molecule has 2 amide bonds. The summed E-state index contributed by atoms with van der Waals surface area (Å²) in [6.07, 6.45) is 4.00. The maximum atomic E-state index is 13.9. The Bertz CT molecular complexity index is 1370. The van der Waals surface area contributed by atoms with Crippen molar-refractivity contribution in [1.29, 1.82) is 0 Å². The number of carbonyl (C=O) groups excluding carboxylic acids is 2. The van der Waals surface area contributed by atoms with Crippen LogP contribution in [-0.4, -0.2) is 43.8 Å². The van der Waals surface area contributed by atoms with Crippen LogP contribution in [-0.2, 0) is 26.2 Å². The number of aryl methyl sites for hydroxylation is 1. The molecule has 206 valence electrons. The molecule has 1 saturated carbocycles. The lowest BCUT2D eigenvalue weighted by molar-refractivity contribution is -0.139. The van der Waals surface area contributed by atoms with Crippen molar-refractivity contribution in [2.24, 2.45) is 0 Å². The van der Waals surface area contributed by atoms with Gasteiger partial charge in [-0.1, -0.05) is 76.8 Å². The second-order valence-electron chi connectivity index (χ2n) is 9.97.